The highest BCUT2D eigenvalue weighted by Gasteiger charge is 2.00. The molecular formula is C11H14F2O. The maximum atomic E-state index is 12.4. The summed E-state index contributed by atoms with van der Waals surface area (Å²) in [7, 11) is 0. The average molecular weight is 200 g/mol. The molecular weight excluding hydrogens is 186 g/mol. The van der Waals surface area contributed by atoms with Crippen LogP contribution in [-0.4, -0.2) is 6.29 Å². The lowest BCUT2D eigenvalue weighted by Gasteiger charge is -1.93. The van der Waals surface area contributed by atoms with Crippen LogP contribution in [0.25, 0.3) is 0 Å². The van der Waals surface area contributed by atoms with Gasteiger partial charge < -0.3 is 4.79 Å². The van der Waals surface area contributed by atoms with Crippen LogP contribution in [-0.2, 0) is 4.79 Å². The minimum absolute atomic E-state index is 0.204. The van der Waals surface area contributed by atoms with Crippen molar-refractivity contribution in [3.05, 3.63) is 35.4 Å². The molecule has 1 rings (SSSR count). The molecule has 0 saturated heterocycles. The topological polar surface area (TPSA) is 17.1 Å². The van der Waals surface area contributed by atoms with E-state index in [0.717, 1.165) is 12.4 Å². The zero-order valence-corrected chi connectivity index (χ0v) is 8.55. The van der Waals surface area contributed by atoms with Gasteiger partial charge in [0.1, 0.15) is 6.29 Å². The predicted molar refractivity (Wildman–Crippen MR) is 52.0 cm³/mol. The van der Waals surface area contributed by atoms with Crippen LogP contribution >= 0.6 is 0 Å². The van der Waals surface area contributed by atoms with Crippen molar-refractivity contribution in [2.75, 3.05) is 0 Å². The average Bonchev–Trinajstić information content (AvgIpc) is 2.15. The molecule has 0 N–H and O–H groups in total. The van der Waals surface area contributed by atoms with Crippen molar-refractivity contribution in [2.24, 2.45) is 5.92 Å². The van der Waals surface area contributed by atoms with Crippen LogP contribution in [0.1, 0.15) is 19.4 Å². The number of rotatable bonds is 1. The van der Waals surface area contributed by atoms with E-state index in [9.17, 15) is 13.6 Å². The molecule has 0 aliphatic heterocycles. The lowest BCUT2D eigenvalue weighted by atomic mass is 10.2. The molecule has 78 valence electrons. The Kier molecular flexibility index (Phi) is 5.68. The second kappa shape index (κ2) is 6.24. The Morgan fingerprint density at radius 2 is 1.79 bits per heavy atom. The summed E-state index contributed by atoms with van der Waals surface area (Å²) in [6.45, 7) is 5.23. The smallest absolute Gasteiger partial charge is 0.161 e. The first kappa shape index (κ1) is 12.8. The Balaban J connectivity index is 0.000000292. The largest absolute Gasteiger partial charge is 0.303 e. The third-order valence-electron chi connectivity index (χ3n) is 1.42. The van der Waals surface area contributed by atoms with Crippen molar-refractivity contribution in [3.63, 3.8) is 0 Å². The number of hydrogen-bond donors (Lipinski definition) is 0. The van der Waals surface area contributed by atoms with Gasteiger partial charge in [0, 0.05) is 5.92 Å². The van der Waals surface area contributed by atoms with E-state index in [-0.39, 0.29) is 5.92 Å². The molecule has 0 saturated carbocycles. The molecule has 1 nitrogen and oxygen atoms in total. The number of aldehydes is 1. The van der Waals surface area contributed by atoms with E-state index in [4.69, 9.17) is 0 Å². The van der Waals surface area contributed by atoms with E-state index >= 15 is 0 Å². The van der Waals surface area contributed by atoms with Crippen LogP contribution < -0.4 is 0 Å². The Hall–Kier alpha value is -1.25. The molecule has 0 amide bonds. The molecule has 0 spiro atoms. The van der Waals surface area contributed by atoms with Gasteiger partial charge in [-0.15, -0.1) is 0 Å². The van der Waals surface area contributed by atoms with E-state index in [1.165, 1.54) is 19.1 Å². The molecule has 0 radical (unpaired) electrons. The third-order valence-corrected chi connectivity index (χ3v) is 1.42. The van der Waals surface area contributed by atoms with Gasteiger partial charge >= 0.3 is 0 Å². The van der Waals surface area contributed by atoms with Gasteiger partial charge in [-0.05, 0) is 18.6 Å². The van der Waals surface area contributed by atoms with Crippen molar-refractivity contribution in [3.8, 4) is 0 Å². The van der Waals surface area contributed by atoms with Gasteiger partial charge in [0.25, 0.3) is 0 Å². The third kappa shape index (κ3) is 4.70. The number of carbonyl (C=O) groups excluding carboxylic acids is 1. The van der Waals surface area contributed by atoms with Crippen LogP contribution in [0.2, 0.25) is 0 Å². The van der Waals surface area contributed by atoms with Crippen molar-refractivity contribution >= 4 is 6.29 Å². The highest BCUT2D eigenvalue weighted by Crippen LogP contribution is 2.08. The molecule has 3 heteroatoms. The quantitative estimate of drug-likeness (QED) is 0.636. The molecule has 0 bridgehead atoms. The summed E-state index contributed by atoms with van der Waals surface area (Å²) >= 11 is 0. The van der Waals surface area contributed by atoms with E-state index in [0.29, 0.717) is 5.56 Å². The van der Waals surface area contributed by atoms with Crippen molar-refractivity contribution < 1.29 is 13.6 Å². The van der Waals surface area contributed by atoms with Crippen molar-refractivity contribution in [2.45, 2.75) is 20.8 Å². The standard InChI is InChI=1S/C7H6F2.C4H8O/c1-5-3-2-4-6(8)7(5)9;1-4(2)3-5/h2-4H,1H3;3-4H,1-2H3. The van der Waals surface area contributed by atoms with Gasteiger partial charge in [0.05, 0.1) is 0 Å². The summed E-state index contributed by atoms with van der Waals surface area (Å²) in [4.78, 5) is 9.50. The Morgan fingerprint density at radius 1 is 1.29 bits per heavy atom. The minimum Gasteiger partial charge on any atom is -0.303 e. The van der Waals surface area contributed by atoms with Crippen molar-refractivity contribution in [1.82, 2.24) is 0 Å². The molecule has 0 aliphatic carbocycles. The fourth-order valence-electron chi connectivity index (χ4n) is 0.612. The number of hydrogen-bond acceptors (Lipinski definition) is 1. The van der Waals surface area contributed by atoms with E-state index in [1.54, 1.807) is 0 Å². The summed E-state index contributed by atoms with van der Waals surface area (Å²) in [5.74, 6) is -1.33. The predicted octanol–water partition coefficient (Wildman–Crippen LogP) is 3.11. The van der Waals surface area contributed by atoms with Gasteiger partial charge in [-0.3, -0.25) is 0 Å². The fraction of sp³-hybridized carbons (Fsp3) is 0.364. The maximum Gasteiger partial charge on any atom is 0.161 e. The van der Waals surface area contributed by atoms with E-state index in [1.807, 2.05) is 13.8 Å². The first-order valence-corrected chi connectivity index (χ1v) is 4.35. The first-order valence-electron chi connectivity index (χ1n) is 4.35. The molecule has 0 unspecified atom stereocenters. The van der Waals surface area contributed by atoms with Crippen LogP contribution in [0, 0.1) is 24.5 Å². The maximum absolute atomic E-state index is 12.4. The van der Waals surface area contributed by atoms with Crippen LogP contribution in [0.3, 0.4) is 0 Å². The highest BCUT2D eigenvalue weighted by atomic mass is 19.2. The van der Waals surface area contributed by atoms with Crippen LogP contribution in [0.15, 0.2) is 18.2 Å². The lowest BCUT2D eigenvalue weighted by Crippen LogP contribution is -1.85. The van der Waals surface area contributed by atoms with Gasteiger partial charge in [-0.25, -0.2) is 8.78 Å². The zero-order valence-electron chi connectivity index (χ0n) is 8.55. The SMILES string of the molecule is CC(C)C=O.Cc1cccc(F)c1F. The molecule has 0 aromatic heterocycles. The molecule has 1 aromatic carbocycles. The summed E-state index contributed by atoms with van der Waals surface area (Å²) in [6.07, 6.45) is 0.917. The summed E-state index contributed by atoms with van der Waals surface area (Å²) < 4.78 is 24.6. The fourth-order valence-corrected chi connectivity index (χ4v) is 0.612. The van der Waals surface area contributed by atoms with Crippen LogP contribution in [0.4, 0.5) is 8.78 Å². The molecule has 14 heavy (non-hydrogen) atoms. The summed E-state index contributed by atoms with van der Waals surface area (Å²) in [5.41, 5.74) is 0.343. The lowest BCUT2D eigenvalue weighted by molar-refractivity contribution is -0.110. The number of halogens is 2. The van der Waals surface area contributed by atoms with Gasteiger partial charge in [-0.2, -0.15) is 0 Å². The Labute approximate surface area is 82.8 Å². The monoisotopic (exact) mass is 200 g/mol. The zero-order chi connectivity index (χ0) is 11.1. The summed E-state index contributed by atoms with van der Waals surface area (Å²) in [5, 5.41) is 0. The first-order chi connectivity index (χ1) is 6.49. The minimum atomic E-state index is -0.782. The normalized spacial score (nSPS) is 9.29. The molecule has 0 heterocycles. The van der Waals surface area contributed by atoms with Gasteiger partial charge in [-0.1, -0.05) is 26.0 Å². The number of benzene rings is 1. The Bertz CT molecular complexity index is 275. The Morgan fingerprint density at radius 3 is 2.07 bits per heavy atom. The highest BCUT2D eigenvalue weighted by molar-refractivity contribution is 5.51. The van der Waals surface area contributed by atoms with E-state index < -0.39 is 11.6 Å². The second-order valence-electron chi connectivity index (χ2n) is 3.25. The number of aryl methyl sites for hydroxylation is 1. The second-order valence-corrected chi connectivity index (χ2v) is 3.25. The van der Waals surface area contributed by atoms with Crippen LogP contribution in [0.5, 0.6) is 0 Å². The molecule has 1 aromatic rings. The van der Waals surface area contributed by atoms with Crippen molar-refractivity contribution in [1.29, 1.82) is 0 Å². The van der Waals surface area contributed by atoms with Gasteiger partial charge in [0.2, 0.25) is 0 Å². The molecule has 0 atom stereocenters. The summed E-state index contributed by atoms with van der Waals surface area (Å²) in [6, 6.07) is 4.11. The molecule has 0 aliphatic rings. The van der Waals surface area contributed by atoms with E-state index in [2.05, 4.69) is 0 Å². The molecule has 0 fully saturated rings. The number of carbonyl (C=O) groups is 1. The van der Waals surface area contributed by atoms with Gasteiger partial charge in [0.15, 0.2) is 11.6 Å².